The van der Waals surface area contributed by atoms with Crippen molar-refractivity contribution >= 4 is 0 Å². The van der Waals surface area contributed by atoms with Crippen LogP contribution in [0.5, 0.6) is 0 Å². The Morgan fingerprint density at radius 2 is 2.46 bits per heavy atom. The highest BCUT2D eigenvalue weighted by atomic mass is 16.5. The van der Waals surface area contributed by atoms with Crippen molar-refractivity contribution in [2.45, 2.75) is 39.3 Å². The molecule has 1 aromatic rings. The summed E-state index contributed by atoms with van der Waals surface area (Å²) in [5.74, 6) is 2.39. The van der Waals surface area contributed by atoms with E-state index < -0.39 is 0 Å². The Kier molecular flexibility index (Phi) is 2.31. The molecular weight excluding hydrogens is 166 g/mol. The van der Waals surface area contributed by atoms with Crippen molar-refractivity contribution in [1.82, 2.24) is 14.8 Å². The zero-order valence-electron chi connectivity index (χ0n) is 8.16. The SMILES string of the molecule is CCC(C)c1nc2n(n1)CCOC2. The molecular formula is C9H15N3O. The van der Waals surface area contributed by atoms with Crippen LogP contribution in [0, 0.1) is 0 Å². The quantitative estimate of drug-likeness (QED) is 0.691. The van der Waals surface area contributed by atoms with Crippen molar-refractivity contribution in [2.24, 2.45) is 0 Å². The van der Waals surface area contributed by atoms with Crippen LogP contribution in [0.25, 0.3) is 0 Å². The third-order valence-corrected chi connectivity index (χ3v) is 2.50. The van der Waals surface area contributed by atoms with E-state index in [4.69, 9.17) is 4.74 Å². The van der Waals surface area contributed by atoms with Gasteiger partial charge in [0.2, 0.25) is 0 Å². The van der Waals surface area contributed by atoms with E-state index in [0.717, 1.165) is 31.2 Å². The highest BCUT2D eigenvalue weighted by Gasteiger charge is 2.16. The smallest absolute Gasteiger partial charge is 0.153 e. The Morgan fingerprint density at radius 1 is 1.62 bits per heavy atom. The van der Waals surface area contributed by atoms with E-state index in [2.05, 4.69) is 23.9 Å². The monoisotopic (exact) mass is 181 g/mol. The number of nitrogens with zero attached hydrogens (tertiary/aromatic N) is 3. The molecule has 1 atom stereocenters. The summed E-state index contributed by atoms with van der Waals surface area (Å²) in [5, 5.41) is 4.45. The lowest BCUT2D eigenvalue weighted by Crippen LogP contribution is -2.17. The second kappa shape index (κ2) is 3.46. The fourth-order valence-electron chi connectivity index (χ4n) is 1.39. The van der Waals surface area contributed by atoms with Crippen LogP contribution in [0.4, 0.5) is 0 Å². The van der Waals surface area contributed by atoms with E-state index in [0.29, 0.717) is 12.5 Å². The zero-order chi connectivity index (χ0) is 9.26. The summed E-state index contributed by atoms with van der Waals surface area (Å²) >= 11 is 0. The van der Waals surface area contributed by atoms with E-state index in [1.165, 1.54) is 0 Å². The summed E-state index contributed by atoms with van der Waals surface area (Å²) in [5.41, 5.74) is 0. The normalized spacial score (nSPS) is 18.3. The van der Waals surface area contributed by atoms with Gasteiger partial charge in [-0.3, -0.25) is 0 Å². The molecule has 2 rings (SSSR count). The van der Waals surface area contributed by atoms with E-state index >= 15 is 0 Å². The van der Waals surface area contributed by atoms with Gasteiger partial charge in [0.1, 0.15) is 6.61 Å². The van der Waals surface area contributed by atoms with Gasteiger partial charge in [0.15, 0.2) is 11.6 Å². The molecule has 0 amide bonds. The fourth-order valence-corrected chi connectivity index (χ4v) is 1.39. The molecule has 0 fully saturated rings. The summed E-state index contributed by atoms with van der Waals surface area (Å²) < 4.78 is 7.26. The minimum Gasteiger partial charge on any atom is -0.372 e. The Balaban J connectivity index is 2.25. The van der Waals surface area contributed by atoms with Gasteiger partial charge in [-0.15, -0.1) is 0 Å². The predicted octanol–water partition coefficient (Wildman–Crippen LogP) is 1.32. The van der Waals surface area contributed by atoms with Crippen LogP contribution in [-0.4, -0.2) is 21.4 Å². The Morgan fingerprint density at radius 3 is 3.15 bits per heavy atom. The molecule has 13 heavy (non-hydrogen) atoms. The van der Waals surface area contributed by atoms with Crippen molar-refractivity contribution in [1.29, 1.82) is 0 Å². The maximum absolute atomic E-state index is 5.30. The molecule has 4 heteroatoms. The molecule has 4 nitrogen and oxygen atoms in total. The van der Waals surface area contributed by atoms with E-state index in [1.807, 2.05) is 4.68 Å². The minimum absolute atomic E-state index is 0.457. The molecule has 0 N–H and O–H groups in total. The Bertz CT molecular complexity index is 272. The molecule has 2 heterocycles. The average molecular weight is 181 g/mol. The van der Waals surface area contributed by atoms with Gasteiger partial charge in [-0.1, -0.05) is 13.8 Å². The van der Waals surface area contributed by atoms with Crippen molar-refractivity contribution < 1.29 is 4.74 Å². The van der Waals surface area contributed by atoms with Gasteiger partial charge in [0.25, 0.3) is 0 Å². The average Bonchev–Trinajstić information content (AvgIpc) is 2.59. The molecule has 72 valence electrons. The van der Waals surface area contributed by atoms with Gasteiger partial charge in [-0.05, 0) is 6.42 Å². The van der Waals surface area contributed by atoms with Gasteiger partial charge in [-0.2, -0.15) is 5.10 Å². The number of hydrogen-bond acceptors (Lipinski definition) is 3. The van der Waals surface area contributed by atoms with Gasteiger partial charge in [0.05, 0.1) is 13.2 Å². The molecule has 1 aromatic heterocycles. The highest BCUT2D eigenvalue weighted by molar-refractivity contribution is 4.98. The van der Waals surface area contributed by atoms with Crippen LogP contribution in [-0.2, 0) is 17.9 Å². The molecule has 1 aliphatic heterocycles. The first-order valence-electron chi connectivity index (χ1n) is 4.82. The molecule has 1 unspecified atom stereocenters. The van der Waals surface area contributed by atoms with Crippen LogP contribution in [0.15, 0.2) is 0 Å². The van der Waals surface area contributed by atoms with Crippen LogP contribution in [0.2, 0.25) is 0 Å². The number of aromatic nitrogens is 3. The van der Waals surface area contributed by atoms with Crippen LogP contribution < -0.4 is 0 Å². The third-order valence-electron chi connectivity index (χ3n) is 2.50. The minimum atomic E-state index is 0.457. The number of ether oxygens (including phenoxy) is 1. The second-order valence-electron chi connectivity index (χ2n) is 3.47. The first-order chi connectivity index (χ1) is 6.31. The second-order valence-corrected chi connectivity index (χ2v) is 3.47. The molecule has 1 aliphatic rings. The molecule has 0 radical (unpaired) electrons. The molecule has 0 aromatic carbocycles. The van der Waals surface area contributed by atoms with Crippen LogP contribution >= 0.6 is 0 Å². The first-order valence-corrected chi connectivity index (χ1v) is 4.82. The maximum Gasteiger partial charge on any atom is 0.153 e. The Labute approximate surface area is 77.9 Å². The summed E-state index contributed by atoms with van der Waals surface area (Å²) in [6.45, 7) is 6.53. The zero-order valence-corrected chi connectivity index (χ0v) is 8.16. The number of rotatable bonds is 2. The molecule has 0 aliphatic carbocycles. The van der Waals surface area contributed by atoms with Gasteiger partial charge in [-0.25, -0.2) is 9.67 Å². The predicted molar refractivity (Wildman–Crippen MR) is 48.4 cm³/mol. The molecule has 0 saturated carbocycles. The van der Waals surface area contributed by atoms with Crippen molar-refractivity contribution in [3.05, 3.63) is 11.6 Å². The van der Waals surface area contributed by atoms with Crippen molar-refractivity contribution in [2.75, 3.05) is 6.61 Å². The summed E-state index contributed by atoms with van der Waals surface area (Å²) in [6, 6.07) is 0. The standard InChI is InChI=1S/C9H15N3O/c1-3-7(2)9-10-8-6-13-5-4-12(8)11-9/h7H,3-6H2,1-2H3. The van der Waals surface area contributed by atoms with Crippen LogP contribution in [0.1, 0.15) is 37.8 Å². The van der Waals surface area contributed by atoms with Crippen molar-refractivity contribution in [3.8, 4) is 0 Å². The van der Waals surface area contributed by atoms with E-state index in [-0.39, 0.29) is 0 Å². The summed E-state index contributed by atoms with van der Waals surface area (Å²) in [4.78, 5) is 4.45. The van der Waals surface area contributed by atoms with Crippen molar-refractivity contribution in [3.63, 3.8) is 0 Å². The Hall–Kier alpha value is -0.900. The number of fused-ring (bicyclic) bond motifs is 1. The maximum atomic E-state index is 5.30. The lowest BCUT2D eigenvalue weighted by Gasteiger charge is -2.11. The van der Waals surface area contributed by atoms with Gasteiger partial charge >= 0.3 is 0 Å². The first kappa shape index (κ1) is 8.69. The summed E-state index contributed by atoms with van der Waals surface area (Å²) in [7, 11) is 0. The summed E-state index contributed by atoms with van der Waals surface area (Å²) in [6.07, 6.45) is 1.09. The van der Waals surface area contributed by atoms with Gasteiger partial charge < -0.3 is 4.74 Å². The van der Waals surface area contributed by atoms with Crippen LogP contribution in [0.3, 0.4) is 0 Å². The largest absolute Gasteiger partial charge is 0.372 e. The highest BCUT2D eigenvalue weighted by Crippen LogP contribution is 2.16. The number of hydrogen-bond donors (Lipinski definition) is 0. The third kappa shape index (κ3) is 1.58. The molecule has 0 bridgehead atoms. The topological polar surface area (TPSA) is 39.9 Å². The van der Waals surface area contributed by atoms with E-state index in [1.54, 1.807) is 0 Å². The van der Waals surface area contributed by atoms with Gasteiger partial charge in [0, 0.05) is 5.92 Å². The lowest BCUT2D eigenvalue weighted by atomic mass is 10.1. The molecule has 0 spiro atoms. The fraction of sp³-hybridized carbons (Fsp3) is 0.778. The van der Waals surface area contributed by atoms with E-state index in [9.17, 15) is 0 Å². The molecule has 0 saturated heterocycles. The lowest BCUT2D eigenvalue weighted by molar-refractivity contribution is 0.0769.